The van der Waals surface area contributed by atoms with Gasteiger partial charge in [0.05, 0.1) is 0 Å². The van der Waals surface area contributed by atoms with Gasteiger partial charge >= 0.3 is 5.97 Å². The van der Waals surface area contributed by atoms with Crippen LogP contribution in [0, 0.1) is 0 Å². The number of carbonyl (C=O) groups is 2. The van der Waals surface area contributed by atoms with E-state index in [9.17, 15) is 9.59 Å². The highest BCUT2D eigenvalue weighted by Crippen LogP contribution is 2.44. The van der Waals surface area contributed by atoms with Crippen molar-refractivity contribution < 1.29 is 14.3 Å². The number of thiophene rings is 1. The lowest BCUT2D eigenvalue weighted by Gasteiger charge is -2.21. The van der Waals surface area contributed by atoms with Gasteiger partial charge in [-0.2, -0.15) is 11.3 Å². The molecule has 16 heavy (non-hydrogen) atoms. The van der Waals surface area contributed by atoms with Crippen molar-refractivity contribution in [1.82, 2.24) is 0 Å². The summed E-state index contributed by atoms with van der Waals surface area (Å²) in [7, 11) is 0. The van der Waals surface area contributed by atoms with Gasteiger partial charge in [0.25, 0.3) is 0 Å². The molecule has 3 nitrogen and oxygen atoms in total. The topological polar surface area (TPSA) is 43.4 Å². The Morgan fingerprint density at radius 3 is 2.56 bits per heavy atom. The third-order valence-corrected chi connectivity index (χ3v) is 3.71. The van der Waals surface area contributed by atoms with Crippen LogP contribution in [0.1, 0.15) is 32.8 Å². The molecule has 1 saturated heterocycles. The molecule has 2 rings (SSSR count). The Morgan fingerprint density at radius 1 is 1.50 bits per heavy atom. The van der Waals surface area contributed by atoms with Crippen LogP contribution in [-0.2, 0) is 19.7 Å². The summed E-state index contributed by atoms with van der Waals surface area (Å²) in [6, 6.07) is 1.83. The van der Waals surface area contributed by atoms with Gasteiger partial charge in [0, 0.05) is 6.42 Å². The number of ether oxygens (including phenoxy) is 1. The van der Waals surface area contributed by atoms with E-state index in [1.54, 1.807) is 0 Å². The average Bonchev–Trinajstić information content (AvgIpc) is 2.71. The first-order valence-electron chi connectivity index (χ1n) is 5.16. The molecule has 0 spiro atoms. The van der Waals surface area contributed by atoms with Crippen molar-refractivity contribution in [2.75, 3.05) is 0 Å². The van der Waals surface area contributed by atoms with Gasteiger partial charge in [-0.1, -0.05) is 0 Å². The number of esters is 1. The van der Waals surface area contributed by atoms with Crippen molar-refractivity contribution in [1.29, 1.82) is 0 Å². The second kappa shape index (κ2) is 3.42. The minimum absolute atomic E-state index is 0.138. The Morgan fingerprint density at radius 2 is 2.19 bits per heavy atom. The van der Waals surface area contributed by atoms with Crippen molar-refractivity contribution in [2.45, 2.75) is 38.2 Å². The van der Waals surface area contributed by atoms with Crippen molar-refractivity contribution in [3.8, 4) is 0 Å². The maximum absolute atomic E-state index is 12.0. The van der Waals surface area contributed by atoms with E-state index in [1.165, 1.54) is 18.3 Å². The molecule has 4 heteroatoms. The fourth-order valence-corrected chi connectivity index (χ4v) is 3.01. The average molecular weight is 238 g/mol. The predicted octanol–water partition coefficient (Wildman–Crippen LogP) is 2.30. The van der Waals surface area contributed by atoms with Crippen LogP contribution in [0.5, 0.6) is 0 Å². The molecule has 0 aromatic carbocycles. The number of carbonyl (C=O) groups excluding carboxylic acids is 2. The summed E-state index contributed by atoms with van der Waals surface area (Å²) < 4.78 is 5.29. The quantitative estimate of drug-likeness (QED) is 0.586. The van der Waals surface area contributed by atoms with Gasteiger partial charge in [0.2, 0.25) is 0 Å². The highest BCUT2D eigenvalue weighted by Gasteiger charge is 2.57. The Kier molecular flexibility index (Phi) is 2.42. The van der Waals surface area contributed by atoms with Crippen LogP contribution in [0.3, 0.4) is 0 Å². The SMILES string of the molecule is CC(=O)[C@]1(c2ccsc2)CC(C)(C)OC1=O. The number of Topliss-reactive ketones (excluding diaryl/α,β-unsaturated/α-hetero) is 1. The monoisotopic (exact) mass is 238 g/mol. The Balaban J connectivity index is 2.54. The highest BCUT2D eigenvalue weighted by molar-refractivity contribution is 7.08. The molecule has 0 aliphatic carbocycles. The number of ketones is 1. The normalized spacial score (nSPS) is 27.8. The van der Waals surface area contributed by atoms with E-state index in [2.05, 4.69) is 0 Å². The number of cyclic esters (lactones) is 1. The largest absolute Gasteiger partial charge is 0.459 e. The van der Waals surface area contributed by atoms with E-state index in [1.807, 2.05) is 30.7 Å². The predicted molar refractivity (Wildman–Crippen MR) is 61.5 cm³/mol. The van der Waals surface area contributed by atoms with Crippen molar-refractivity contribution in [2.24, 2.45) is 0 Å². The van der Waals surface area contributed by atoms with Crippen LogP contribution in [0.4, 0.5) is 0 Å². The van der Waals surface area contributed by atoms with Gasteiger partial charge in [-0.3, -0.25) is 9.59 Å². The number of rotatable bonds is 2. The lowest BCUT2D eigenvalue weighted by molar-refractivity contribution is -0.151. The summed E-state index contributed by atoms with van der Waals surface area (Å²) in [5.74, 6) is -0.551. The van der Waals surface area contributed by atoms with E-state index in [0.717, 1.165) is 5.56 Å². The Hall–Kier alpha value is -1.16. The molecule has 0 saturated carbocycles. The summed E-state index contributed by atoms with van der Waals surface area (Å²) in [4.78, 5) is 23.9. The summed E-state index contributed by atoms with van der Waals surface area (Å²) in [6.45, 7) is 5.13. The van der Waals surface area contributed by atoms with Gasteiger partial charge in [-0.15, -0.1) is 0 Å². The van der Waals surface area contributed by atoms with Gasteiger partial charge in [-0.05, 0) is 43.2 Å². The Bertz CT molecular complexity index is 433. The zero-order valence-corrected chi connectivity index (χ0v) is 10.4. The number of hydrogen-bond acceptors (Lipinski definition) is 4. The molecule has 1 atom stereocenters. The minimum Gasteiger partial charge on any atom is -0.459 e. The lowest BCUT2D eigenvalue weighted by Crippen LogP contribution is -2.38. The van der Waals surface area contributed by atoms with E-state index >= 15 is 0 Å². The first kappa shape index (κ1) is 11.3. The van der Waals surface area contributed by atoms with Gasteiger partial charge in [0.15, 0.2) is 11.2 Å². The molecule has 1 aromatic heterocycles. The summed E-state index contributed by atoms with van der Waals surface area (Å²) in [5.41, 5.74) is -0.880. The van der Waals surface area contributed by atoms with E-state index in [-0.39, 0.29) is 5.78 Å². The van der Waals surface area contributed by atoms with E-state index in [0.29, 0.717) is 6.42 Å². The molecule has 0 radical (unpaired) electrons. The fraction of sp³-hybridized carbons (Fsp3) is 0.500. The van der Waals surface area contributed by atoms with Crippen LogP contribution in [0.25, 0.3) is 0 Å². The molecule has 0 amide bonds. The minimum atomic E-state index is -1.08. The molecule has 1 aliphatic heterocycles. The second-order valence-electron chi connectivity index (χ2n) is 4.80. The molecule has 0 bridgehead atoms. The van der Waals surface area contributed by atoms with E-state index < -0.39 is 17.0 Å². The molecular formula is C12H14O3S. The second-order valence-corrected chi connectivity index (χ2v) is 5.58. The molecule has 86 valence electrons. The molecule has 0 unspecified atom stereocenters. The molecule has 0 N–H and O–H groups in total. The van der Waals surface area contributed by atoms with Crippen LogP contribution in [0.15, 0.2) is 16.8 Å². The Labute approximate surface area is 98.4 Å². The van der Waals surface area contributed by atoms with Crippen molar-refractivity contribution >= 4 is 23.1 Å². The van der Waals surface area contributed by atoms with Crippen molar-refractivity contribution in [3.05, 3.63) is 22.4 Å². The first-order chi connectivity index (χ1) is 7.38. The maximum atomic E-state index is 12.0. The van der Waals surface area contributed by atoms with Crippen LogP contribution < -0.4 is 0 Å². The zero-order chi connectivity index (χ0) is 12.0. The first-order valence-corrected chi connectivity index (χ1v) is 6.10. The van der Waals surface area contributed by atoms with Gasteiger partial charge in [0.1, 0.15) is 5.60 Å². The number of hydrogen-bond donors (Lipinski definition) is 0. The fourth-order valence-electron chi connectivity index (χ4n) is 2.28. The summed E-state index contributed by atoms with van der Waals surface area (Å²) in [6.07, 6.45) is 0.422. The molecular weight excluding hydrogens is 224 g/mol. The van der Waals surface area contributed by atoms with Crippen molar-refractivity contribution in [3.63, 3.8) is 0 Å². The standard InChI is InChI=1S/C12H14O3S/c1-8(13)12(9-4-5-16-6-9)7-11(2,3)15-10(12)14/h4-6H,7H2,1-3H3/t12-/m0/s1. The van der Waals surface area contributed by atoms with Crippen LogP contribution in [0.2, 0.25) is 0 Å². The highest BCUT2D eigenvalue weighted by atomic mass is 32.1. The molecule has 1 aromatic rings. The zero-order valence-electron chi connectivity index (χ0n) is 9.57. The third-order valence-electron chi connectivity index (χ3n) is 3.02. The molecule has 1 aliphatic rings. The van der Waals surface area contributed by atoms with Gasteiger partial charge in [-0.25, -0.2) is 0 Å². The van der Waals surface area contributed by atoms with Gasteiger partial charge < -0.3 is 4.74 Å². The smallest absolute Gasteiger partial charge is 0.324 e. The third kappa shape index (κ3) is 1.48. The summed E-state index contributed by atoms with van der Waals surface area (Å²) in [5, 5.41) is 3.72. The summed E-state index contributed by atoms with van der Waals surface area (Å²) >= 11 is 1.48. The molecule has 2 heterocycles. The van der Waals surface area contributed by atoms with Crippen LogP contribution in [-0.4, -0.2) is 17.4 Å². The lowest BCUT2D eigenvalue weighted by atomic mass is 9.74. The van der Waals surface area contributed by atoms with Crippen LogP contribution >= 0.6 is 11.3 Å². The molecule has 1 fully saturated rings. The van der Waals surface area contributed by atoms with E-state index in [4.69, 9.17) is 4.74 Å². The maximum Gasteiger partial charge on any atom is 0.324 e.